The number of hydrogen-bond acceptors (Lipinski definition) is 3. The first kappa shape index (κ1) is 14.4. The van der Waals surface area contributed by atoms with Crippen LogP contribution >= 0.6 is 11.8 Å². The number of carbonyl (C=O) groups is 2. The molecule has 1 aliphatic rings. The van der Waals surface area contributed by atoms with Crippen LogP contribution in [0.25, 0.3) is 0 Å². The van der Waals surface area contributed by atoms with Crippen molar-refractivity contribution in [1.82, 2.24) is 10.2 Å². The van der Waals surface area contributed by atoms with Crippen molar-refractivity contribution in [1.29, 1.82) is 0 Å². The van der Waals surface area contributed by atoms with Crippen molar-refractivity contribution in [2.24, 2.45) is 0 Å². The highest BCUT2D eigenvalue weighted by Gasteiger charge is 2.39. The van der Waals surface area contributed by atoms with E-state index in [9.17, 15) is 9.59 Å². The molecular formula is C12H22N2O2S. The number of hydrogen-bond donors (Lipinski definition) is 1. The Morgan fingerprint density at radius 3 is 2.88 bits per heavy atom. The molecule has 0 aromatic heterocycles. The lowest BCUT2D eigenvalue weighted by molar-refractivity contribution is -0.147. The summed E-state index contributed by atoms with van der Waals surface area (Å²) in [5.41, 5.74) is -0.708. The van der Waals surface area contributed by atoms with Gasteiger partial charge in [0, 0.05) is 13.1 Å². The molecule has 0 atom stereocenters. The molecule has 0 bridgehead atoms. The van der Waals surface area contributed by atoms with E-state index in [0.29, 0.717) is 18.8 Å². The predicted octanol–water partition coefficient (Wildman–Crippen LogP) is 1.26. The van der Waals surface area contributed by atoms with Crippen molar-refractivity contribution in [3.05, 3.63) is 0 Å². The SMILES string of the molecule is CCCCSCC(=O)N1CCNC(=O)C1(C)C. The molecule has 1 heterocycles. The molecule has 0 saturated carbocycles. The number of piperazine rings is 1. The van der Waals surface area contributed by atoms with E-state index in [4.69, 9.17) is 0 Å². The first-order chi connectivity index (χ1) is 8.00. The van der Waals surface area contributed by atoms with Gasteiger partial charge in [0.2, 0.25) is 11.8 Å². The maximum atomic E-state index is 12.0. The average Bonchev–Trinajstić information content (AvgIpc) is 2.28. The maximum Gasteiger partial charge on any atom is 0.245 e. The Morgan fingerprint density at radius 1 is 1.53 bits per heavy atom. The lowest BCUT2D eigenvalue weighted by atomic mass is 9.99. The second-order valence-corrected chi connectivity index (χ2v) is 5.87. The molecule has 1 aliphatic heterocycles. The van der Waals surface area contributed by atoms with E-state index >= 15 is 0 Å². The minimum atomic E-state index is -0.708. The van der Waals surface area contributed by atoms with Crippen molar-refractivity contribution >= 4 is 23.6 Å². The standard InChI is InChI=1S/C12H22N2O2S/c1-4-5-8-17-9-10(15)14-7-6-13-11(16)12(14,2)3/h4-9H2,1-3H3,(H,13,16). The smallest absolute Gasteiger partial charge is 0.245 e. The number of amides is 2. The van der Waals surface area contributed by atoms with Gasteiger partial charge in [-0.1, -0.05) is 13.3 Å². The number of nitrogens with one attached hydrogen (secondary N) is 1. The number of nitrogens with zero attached hydrogens (tertiary/aromatic N) is 1. The molecule has 0 aliphatic carbocycles. The topological polar surface area (TPSA) is 49.4 Å². The Morgan fingerprint density at radius 2 is 2.24 bits per heavy atom. The number of carbonyl (C=O) groups excluding carboxylic acids is 2. The summed E-state index contributed by atoms with van der Waals surface area (Å²) in [6.07, 6.45) is 2.29. The Hall–Kier alpha value is -0.710. The Kier molecular flexibility index (Phi) is 5.31. The van der Waals surface area contributed by atoms with E-state index in [1.807, 2.05) is 0 Å². The third-order valence-corrected chi connectivity index (χ3v) is 4.05. The second kappa shape index (κ2) is 6.28. The van der Waals surface area contributed by atoms with Crippen molar-refractivity contribution in [3.63, 3.8) is 0 Å². The number of unbranched alkanes of at least 4 members (excludes halogenated alkanes) is 1. The summed E-state index contributed by atoms with van der Waals surface area (Å²) in [6.45, 7) is 6.92. The van der Waals surface area contributed by atoms with E-state index in [2.05, 4.69) is 12.2 Å². The number of thioether (sulfide) groups is 1. The molecule has 0 aromatic carbocycles. The van der Waals surface area contributed by atoms with E-state index < -0.39 is 5.54 Å². The molecular weight excluding hydrogens is 236 g/mol. The van der Waals surface area contributed by atoms with Crippen LogP contribution in [0.15, 0.2) is 0 Å². The van der Waals surface area contributed by atoms with Crippen LogP contribution in [-0.4, -0.2) is 46.8 Å². The Balaban J connectivity index is 2.47. The molecule has 17 heavy (non-hydrogen) atoms. The molecule has 2 amide bonds. The lowest BCUT2D eigenvalue weighted by Gasteiger charge is -2.41. The van der Waals surface area contributed by atoms with Gasteiger partial charge in [0.15, 0.2) is 0 Å². The van der Waals surface area contributed by atoms with Gasteiger partial charge in [-0.15, -0.1) is 0 Å². The van der Waals surface area contributed by atoms with Gasteiger partial charge in [-0.3, -0.25) is 9.59 Å². The minimum Gasteiger partial charge on any atom is -0.352 e. The zero-order valence-corrected chi connectivity index (χ0v) is 11.7. The second-order valence-electron chi connectivity index (χ2n) is 4.77. The van der Waals surface area contributed by atoms with E-state index in [0.717, 1.165) is 18.6 Å². The van der Waals surface area contributed by atoms with Gasteiger partial charge in [0.05, 0.1) is 5.75 Å². The third kappa shape index (κ3) is 3.63. The van der Waals surface area contributed by atoms with Gasteiger partial charge in [0.1, 0.15) is 5.54 Å². The fourth-order valence-electron chi connectivity index (χ4n) is 1.82. The van der Waals surface area contributed by atoms with Gasteiger partial charge >= 0.3 is 0 Å². The molecule has 98 valence electrons. The van der Waals surface area contributed by atoms with Gasteiger partial charge in [-0.05, 0) is 26.0 Å². The quantitative estimate of drug-likeness (QED) is 0.755. The molecule has 0 radical (unpaired) electrons. The summed E-state index contributed by atoms with van der Waals surface area (Å²) in [6, 6.07) is 0. The maximum absolute atomic E-state index is 12.0. The summed E-state index contributed by atoms with van der Waals surface area (Å²) in [5.74, 6) is 1.51. The molecule has 4 nitrogen and oxygen atoms in total. The van der Waals surface area contributed by atoms with Crippen molar-refractivity contribution in [2.45, 2.75) is 39.2 Å². The summed E-state index contributed by atoms with van der Waals surface area (Å²) >= 11 is 1.66. The van der Waals surface area contributed by atoms with Gasteiger partial charge < -0.3 is 10.2 Å². The summed E-state index contributed by atoms with van der Waals surface area (Å²) < 4.78 is 0. The molecule has 0 spiro atoms. The number of rotatable bonds is 5. The highest BCUT2D eigenvalue weighted by Crippen LogP contribution is 2.19. The van der Waals surface area contributed by atoms with Crippen LogP contribution in [-0.2, 0) is 9.59 Å². The molecule has 0 aromatic rings. The summed E-state index contributed by atoms with van der Waals surface area (Å²) in [7, 11) is 0. The largest absolute Gasteiger partial charge is 0.352 e. The van der Waals surface area contributed by atoms with Crippen LogP contribution in [0, 0.1) is 0 Å². The first-order valence-electron chi connectivity index (χ1n) is 6.16. The van der Waals surface area contributed by atoms with Crippen LogP contribution in [0.5, 0.6) is 0 Å². The third-order valence-electron chi connectivity index (χ3n) is 3.02. The van der Waals surface area contributed by atoms with E-state index in [-0.39, 0.29) is 11.8 Å². The molecule has 1 N–H and O–H groups in total. The van der Waals surface area contributed by atoms with E-state index in [1.165, 1.54) is 0 Å². The monoisotopic (exact) mass is 258 g/mol. The average molecular weight is 258 g/mol. The molecule has 0 unspecified atom stereocenters. The predicted molar refractivity (Wildman–Crippen MR) is 71.0 cm³/mol. The van der Waals surface area contributed by atoms with Crippen LogP contribution in [0.3, 0.4) is 0 Å². The fourth-order valence-corrected chi connectivity index (χ4v) is 2.79. The van der Waals surface area contributed by atoms with Crippen molar-refractivity contribution in [3.8, 4) is 0 Å². The fraction of sp³-hybridized carbons (Fsp3) is 0.833. The molecule has 1 saturated heterocycles. The summed E-state index contributed by atoms with van der Waals surface area (Å²) in [4.78, 5) is 25.4. The normalized spacial score (nSPS) is 19.0. The molecule has 1 fully saturated rings. The minimum absolute atomic E-state index is 0.0596. The van der Waals surface area contributed by atoms with Gasteiger partial charge in [-0.2, -0.15) is 11.8 Å². The molecule has 1 rings (SSSR count). The first-order valence-corrected chi connectivity index (χ1v) is 7.32. The van der Waals surface area contributed by atoms with Crippen molar-refractivity contribution < 1.29 is 9.59 Å². The highest BCUT2D eigenvalue weighted by molar-refractivity contribution is 7.99. The van der Waals surface area contributed by atoms with Crippen LogP contribution in [0.1, 0.15) is 33.6 Å². The van der Waals surface area contributed by atoms with Crippen LogP contribution in [0.2, 0.25) is 0 Å². The highest BCUT2D eigenvalue weighted by atomic mass is 32.2. The van der Waals surface area contributed by atoms with Crippen molar-refractivity contribution in [2.75, 3.05) is 24.6 Å². The zero-order chi connectivity index (χ0) is 12.9. The van der Waals surface area contributed by atoms with E-state index in [1.54, 1.807) is 30.5 Å². The Labute approximate surface area is 108 Å². The van der Waals surface area contributed by atoms with Crippen LogP contribution in [0.4, 0.5) is 0 Å². The lowest BCUT2D eigenvalue weighted by Crippen LogP contribution is -2.63. The molecule has 5 heteroatoms. The Bertz CT molecular complexity index is 292. The van der Waals surface area contributed by atoms with Gasteiger partial charge in [-0.25, -0.2) is 0 Å². The summed E-state index contributed by atoms with van der Waals surface area (Å²) in [5, 5.41) is 2.79. The van der Waals surface area contributed by atoms with Crippen LogP contribution < -0.4 is 5.32 Å². The van der Waals surface area contributed by atoms with Gasteiger partial charge in [0.25, 0.3) is 0 Å². The zero-order valence-electron chi connectivity index (χ0n) is 10.9.